The molecule has 2 aromatic carbocycles. The third-order valence-corrected chi connectivity index (χ3v) is 4.26. The second-order valence-corrected chi connectivity index (χ2v) is 6.48. The van der Waals surface area contributed by atoms with E-state index < -0.39 is 32.3 Å². The van der Waals surface area contributed by atoms with Crippen molar-refractivity contribution in [2.45, 2.75) is 11.6 Å². The largest absolute Gasteiger partial charge is 1.00 e. The molecule has 0 saturated heterocycles. The van der Waals surface area contributed by atoms with Gasteiger partial charge >= 0.3 is 35.7 Å². The number of rotatable bonds is 4. The number of halogens is 4. The van der Waals surface area contributed by atoms with Crippen molar-refractivity contribution < 1.29 is 55.7 Å². The molecule has 0 aliphatic carbocycles. The molecule has 0 amide bonds. The molecule has 0 aliphatic rings. The first-order chi connectivity index (χ1) is 10.6. The molecule has 1 N–H and O–H groups in total. The summed E-state index contributed by atoms with van der Waals surface area (Å²) in [5.74, 6) is 0. The zero-order valence-corrected chi connectivity index (χ0v) is 15.9. The standard InChI is InChI=1S/C14H11ClF3NO3S.Na/c15-12-7-6-10(8-11(12)14(16,17)18)19-13(23(20,21)22)9-4-2-1-3-5-9;/h1-8,13,19H,(H,20,21,22);/q;+1/p-1. The van der Waals surface area contributed by atoms with Crippen LogP contribution in [0.15, 0.2) is 48.5 Å². The molecule has 0 bridgehead atoms. The summed E-state index contributed by atoms with van der Waals surface area (Å²) in [6.07, 6.45) is -4.70. The zero-order valence-electron chi connectivity index (χ0n) is 12.3. The van der Waals surface area contributed by atoms with Crippen molar-refractivity contribution in [1.29, 1.82) is 0 Å². The monoisotopic (exact) mass is 387 g/mol. The van der Waals surface area contributed by atoms with Gasteiger partial charge in [-0.25, -0.2) is 8.42 Å². The summed E-state index contributed by atoms with van der Waals surface area (Å²) in [5, 5.41) is 0.0753. The molecule has 1 atom stereocenters. The van der Waals surface area contributed by atoms with Crippen LogP contribution in [-0.2, 0) is 16.3 Å². The molecule has 0 radical (unpaired) electrons. The van der Waals surface area contributed by atoms with E-state index in [4.69, 9.17) is 11.6 Å². The predicted molar refractivity (Wildman–Crippen MR) is 79.0 cm³/mol. The smallest absolute Gasteiger partial charge is 0.746 e. The van der Waals surface area contributed by atoms with Crippen LogP contribution in [0.1, 0.15) is 16.5 Å². The van der Waals surface area contributed by atoms with Crippen LogP contribution in [0.25, 0.3) is 0 Å². The Bertz CT molecular complexity index is 801. The van der Waals surface area contributed by atoms with Crippen LogP contribution in [0.2, 0.25) is 5.02 Å². The van der Waals surface area contributed by atoms with Crippen LogP contribution >= 0.6 is 11.6 Å². The van der Waals surface area contributed by atoms with Gasteiger partial charge in [-0.3, -0.25) is 0 Å². The van der Waals surface area contributed by atoms with E-state index in [0.717, 1.165) is 6.07 Å². The average Bonchev–Trinajstić information content (AvgIpc) is 2.44. The summed E-state index contributed by atoms with van der Waals surface area (Å²) in [6, 6.07) is 10.2. The predicted octanol–water partition coefficient (Wildman–Crippen LogP) is 1.02. The van der Waals surface area contributed by atoms with Gasteiger partial charge in [0, 0.05) is 5.69 Å². The van der Waals surface area contributed by atoms with E-state index in [1.54, 1.807) is 6.07 Å². The second kappa shape index (κ2) is 8.07. The van der Waals surface area contributed by atoms with Crippen LogP contribution in [0, 0.1) is 0 Å². The molecule has 10 heteroatoms. The maximum atomic E-state index is 12.8. The molecule has 0 aromatic heterocycles. The van der Waals surface area contributed by atoms with E-state index in [0.29, 0.717) is 6.07 Å². The Kier molecular flexibility index (Phi) is 7.16. The fourth-order valence-corrected chi connectivity index (χ4v) is 2.93. The molecule has 1 unspecified atom stereocenters. The third kappa shape index (κ3) is 5.37. The molecule has 0 spiro atoms. The maximum Gasteiger partial charge on any atom is 1.00 e. The van der Waals surface area contributed by atoms with E-state index in [9.17, 15) is 26.1 Å². The van der Waals surface area contributed by atoms with Crippen molar-refractivity contribution in [2.75, 3.05) is 5.32 Å². The van der Waals surface area contributed by atoms with Gasteiger partial charge in [0.1, 0.15) is 15.5 Å². The second-order valence-electron chi connectivity index (χ2n) is 4.62. The molecule has 0 heterocycles. The molecule has 0 aliphatic heterocycles. The number of benzene rings is 2. The van der Waals surface area contributed by atoms with Crippen LogP contribution in [0.4, 0.5) is 18.9 Å². The minimum atomic E-state index is -4.85. The van der Waals surface area contributed by atoms with Crippen LogP contribution < -0.4 is 34.9 Å². The van der Waals surface area contributed by atoms with Crippen molar-refractivity contribution >= 4 is 27.4 Å². The van der Waals surface area contributed by atoms with E-state index in [1.807, 2.05) is 0 Å². The number of nitrogens with one attached hydrogen (secondary N) is 1. The van der Waals surface area contributed by atoms with Gasteiger partial charge in [0.05, 0.1) is 10.6 Å². The molecule has 124 valence electrons. The van der Waals surface area contributed by atoms with E-state index in [1.165, 1.54) is 30.3 Å². The van der Waals surface area contributed by atoms with Gasteiger partial charge in [0.15, 0.2) is 0 Å². The summed E-state index contributed by atoms with van der Waals surface area (Å²) < 4.78 is 72.7. The van der Waals surface area contributed by atoms with Gasteiger partial charge in [-0.2, -0.15) is 13.2 Å². The molecular weight excluding hydrogens is 378 g/mol. The Morgan fingerprint density at radius 2 is 1.67 bits per heavy atom. The van der Waals surface area contributed by atoms with Crippen LogP contribution in [0.3, 0.4) is 0 Å². The quantitative estimate of drug-likeness (QED) is 0.628. The molecule has 0 fully saturated rings. The molecule has 2 aromatic rings. The van der Waals surface area contributed by atoms with Gasteiger partial charge in [0.25, 0.3) is 0 Å². The Labute approximate surface area is 164 Å². The number of hydrogen-bond acceptors (Lipinski definition) is 4. The fourth-order valence-electron chi connectivity index (χ4n) is 1.93. The molecule has 24 heavy (non-hydrogen) atoms. The van der Waals surface area contributed by atoms with Crippen molar-refractivity contribution in [3.05, 3.63) is 64.7 Å². The summed E-state index contributed by atoms with van der Waals surface area (Å²) in [7, 11) is -4.85. The zero-order chi connectivity index (χ0) is 17.3. The van der Waals surface area contributed by atoms with E-state index in [2.05, 4.69) is 5.32 Å². The van der Waals surface area contributed by atoms with Gasteiger partial charge < -0.3 is 9.87 Å². The number of alkyl halides is 3. The van der Waals surface area contributed by atoms with Gasteiger partial charge in [-0.05, 0) is 23.8 Å². The number of anilines is 1. The van der Waals surface area contributed by atoms with Crippen molar-refractivity contribution in [3.8, 4) is 0 Å². The maximum absolute atomic E-state index is 12.8. The first-order valence-electron chi connectivity index (χ1n) is 6.22. The van der Waals surface area contributed by atoms with E-state index in [-0.39, 0.29) is 40.8 Å². The first kappa shape index (κ1) is 21.3. The topological polar surface area (TPSA) is 69.2 Å². The van der Waals surface area contributed by atoms with E-state index >= 15 is 0 Å². The summed E-state index contributed by atoms with van der Waals surface area (Å²) in [4.78, 5) is 0. The molecule has 4 nitrogen and oxygen atoms in total. The molecule has 2 rings (SSSR count). The average molecular weight is 388 g/mol. The normalized spacial score (nSPS) is 13.0. The molecular formula is C14H10ClF3NNaO3S. The minimum absolute atomic E-state index is 0. The summed E-state index contributed by atoms with van der Waals surface area (Å²) in [5.41, 5.74) is -1.19. The Balaban J connectivity index is 0.00000288. The summed E-state index contributed by atoms with van der Waals surface area (Å²) >= 11 is 5.50. The first-order valence-corrected chi connectivity index (χ1v) is 8.07. The van der Waals surface area contributed by atoms with Gasteiger partial charge in [-0.15, -0.1) is 0 Å². The SMILES string of the molecule is O=S(=O)([O-])C(Nc1ccc(Cl)c(C(F)(F)F)c1)c1ccccc1.[Na+]. The van der Waals surface area contributed by atoms with Gasteiger partial charge in [-0.1, -0.05) is 41.9 Å². The fraction of sp³-hybridized carbons (Fsp3) is 0.143. The van der Waals surface area contributed by atoms with Crippen molar-refractivity contribution in [2.24, 2.45) is 0 Å². The Hall–Kier alpha value is -0.770. The Morgan fingerprint density at radius 1 is 1.08 bits per heavy atom. The molecule has 0 saturated carbocycles. The number of hydrogen-bond donors (Lipinski definition) is 1. The van der Waals surface area contributed by atoms with Crippen LogP contribution in [-0.4, -0.2) is 13.0 Å². The van der Waals surface area contributed by atoms with Gasteiger partial charge in [0.2, 0.25) is 0 Å². The third-order valence-electron chi connectivity index (χ3n) is 2.96. The van der Waals surface area contributed by atoms with Crippen LogP contribution in [0.5, 0.6) is 0 Å². The minimum Gasteiger partial charge on any atom is -0.746 e. The van der Waals surface area contributed by atoms with Crippen molar-refractivity contribution in [3.63, 3.8) is 0 Å². The Morgan fingerprint density at radius 3 is 2.17 bits per heavy atom. The van der Waals surface area contributed by atoms with Crippen molar-refractivity contribution in [1.82, 2.24) is 0 Å². The summed E-state index contributed by atoms with van der Waals surface area (Å²) in [6.45, 7) is 0.